The number of methoxy groups -OCH3 is 2. The van der Waals surface area contributed by atoms with Crippen molar-refractivity contribution in [3.8, 4) is 11.5 Å². The number of nitrogens with one attached hydrogen (secondary N) is 2. The third-order valence-corrected chi connectivity index (χ3v) is 5.20. The molecule has 2 N–H and O–H groups in total. The average molecular weight is 528 g/mol. The van der Waals surface area contributed by atoms with Crippen LogP contribution in [-0.2, 0) is 25.8 Å². The SMILES string of the molecule is CN=C(NCCc1ccc(OC)c(OC)c1)NCCc1nnc2n1CCCCC2.I. The number of guanidine groups is 1. The van der Waals surface area contributed by atoms with Crippen molar-refractivity contribution in [2.75, 3.05) is 34.4 Å². The summed E-state index contributed by atoms with van der Waals surface area (Å²) in [5, 5.41) is 15.5. The minimum Gasteiger partial charge on any atom is -0.493 e. The summed E-state index contributed by atoms with van der Waals surface area (Å²) in [7, 11) is 5.08. The van der Waals surface area contributed by atoms with E-state index in [1.807, 2.05) is 12.1 Å². The molecule has 0 amide bonds. The van der Waals surface area contributed by atoms with Crippen molar-refractivity contribution in [2.45, 2.75) is 45.1 Å². The first-order valence-electron chi connectivity index (χ1n) is 10.3. The summed E-state index contributed by atoms with van der Waals surface area (Å²) in [6, 6.07) is 5.99. The van der Waals surface area contributed by atoms with Crippen LogP contribution >= 0.6 is 24.0 Å². The Morgan fingerprint density at radius 2 is 1.80 bits per heavy atom. The van der Waals surface area contributed by atoms with Gasteiger partial charge in [0.15, 0.2) is 17.5 Å². The van der Waals surface area contributed by atoms with Gasteiger partial charge in [0, 0.05) is 39.5 Å². The van der Waals surface area contributed by atoms with Crippen LogP contribution in [0.4, 0.5) is 0 Å². The van der Waals surface area contributed by atoms with Crippen molar-refractivity contribution < 1.29 is 9.47 Å². The molecule has 0 unspecified atom stereocenters. The molecular weight excluding hydrogens is 495 g/mol. The highest BCUT2D eigenvalue weighted by Gasteiger charge is 2.14. The van der Waals surface area contributed by atoms with Gasteiger partial charge in [-0.25, -0.2) is 0 Å². The van der Waals surface area contributed by atoms with Crippen LogP contribution in [0.2, 0.25) is 0 Å². The summed E-state index contributed by atoms with van der Waals surface area (Å²) in [6.45, 7) is 2.58. The van der Waals surface area contributed by atoms with Crippen molar-refractivity contribution >= 4 is 29.9 Å². The Kier molecular flexibility index (Phi) is 10.2. The van der Waals surface area contributed by atoms with Gasteiger partial charge in [0.25, 0.3) is 0 Å². The minimum absolute atomic E-state index is 0. The second-order valence-electron chi connectivity index (χ2n) is 7.11. The molecule has 2 heterocycles. The predicted molar refractivity (Wildman–Crippen MR) is 129 cm³/mol. The third kappa shape index (κ3) is 6.48. The fraction of sp³-hybridized carbons (Fsp3) is 0.571. The Hall–Kier alpha value is -2.04. The maximum atomic E-state index is 5.37. The van der Waals surface area contributed by atoms with Gasteiger partial charge in [-0.1, -0.05) is 12.5 Å². The minimum atomic E-state index is 0. The van der Waals surface area contributed by atoms with Crippen molar-refractivity contribution in [3.05, 3.63) is 35.4 Å². The number of benzene rings is 1. The number of rotatable bonds is 8. The van der Waals surface area contributed by atoms with E-state index in [0.717, 1.165) is 68.0 Å². The molecule has 1 aromatic carbocycles. The van der Waals surface area contributed by atoms with Crippen LogP contribution in [0, 0.1) is 0 Å². The zero-order valence-corrected chi connectivity index (χ0v) is 20.4. The van der Waals surface area contributed by atoms with Gasteiger partial charge < -0.3 is 24.7 Å². The third-order valence-electron chi connectivity index (χ3n) is 5.20. The van der Waals surface area contributed by atoms with Crippen LogP contribution in [0.5, 0.6) is 11.5 Å². The van der Waals surface area contributed by atoms with E-state index in [9.17, 15) is 0 Å². The zero-order chi connectivity index (χ0) is 20.5. The molecule has 0 radical (unpaired) electrons. The average Bonchev–Trinajstić information content (AvgIpc) is 2.98. The standard InChI is InChI=1S/C21H32N6O2.HI/c1-22-21(23-12-10-16-8-9-17(28-2)18(15-16)29-3)24-13-11-20-26-25-19-7-5-4-6-14-27(19)20;/h8-9,15H,4-7,10-14H2,1-3H3,(H2,22,23,24);1H. The number of hydrogen-bond donors (Lipinski definition) is 2. The molecule has 1 aliphatic rings. The number of hydrogen-bond acceptors (Lipinski definition) is 5. The highest BCUT2D eigenvalue weighted by atomic mass is 127. The van der Waals surface area contributed by atoms with Crippen molar-refractivity contribution in [1.82, 2.24) is 25.4 Å². The van der Waals surface area contributed by atoms with Crippen LogP contribution in [0.25, 0.3) is 0 Å². The Morgan fingerprint density at radius 1 is 1.03 bits per heavy atom. The molecule has 0 aliphatic carbocycles. The highest BCUT2D eigenvalue weighted by molar-refractivity contribution is 14.0. The first-order valence-corrected chi connectivity index (χ1v) is 10.3. The van der Waals surface area contributed by atoms with Gasteiger partial charge in [0.2, 0.25) is 0 Å². The Balaban J connectivity index is 0.00000320. The molecule has 9 heteroatoms. The maximum absolute atomic E-state index is 5.37. The van der Waals surface area contributed by atoms with Gasteiger partial charge in [-0.05, 0) is 37.0 Å². The molecule has 0 bridgehead atoms. The zero-order valence-electron chi connectivity index (χ0n) is 18.1. The Morgan fingerprint density at radius 3 is 2.53 bits per heavy atom. The van der Waals surface area contributed by atoms with E-state index >= 15 is 0 Å². The smallest absolute Gasteiger partial charge is 0.191 e. The molecule has 1 aromatic heterocycles. The van der Waals surface area contributed by atoms with Crippen molar-refractivity contribution in [2.24, 2.45) is 4.99 Å². The summed E-state index contributed by atoms with van der Waals surface area (Å²) < 4.78 is 12.9. The quantitative estimate of drug-likeness (QED) is 0.312. The topological polar surface area (TPSA) is 85.6 Å². The maximum Gasteiger partial charge on any atom is 0.191 e. The van der Waals surface area contributed by atoms with Crippen LogP contribution in [-0.4, -0.2) is 55.1 Å². The molecule has 166 valence electrons. The fourth-order valence-electron chi connectivity index (χ4n) is 3.60. The molecular formula is C21H33IN6O2. The largest absolute Gasteiger partial charge is 0.493 e. The number of ether oxygens (including phenoxy) is 2. The van der Waals surface area contributed by atoms with Gasteiger partial charge in [-0.3, -0.25) is 4.99 Å². The second-order valence-corrected chi connectivity index (χ2v) is 7.11. The summed E-state index contributed by atoms with van der Waals surface area (Å²) >= 11 is 0. The second kappa shape index (κ2) is 12.6. The van der Waals surface area contributed by atoms with Crippen molar-refractivity contribution in [1.29, 1.82) is 0 Å². The summed E-state index contributed by atoms with van der Waals surface area (Å²) in [4.78, 5) is 4.31. The van der Waals surface area contributed by atoms with E-state index in [1.54, 1.807) is 21.3 Å². The highest BCUT2D eigenvalue weighted by Crippen LogP contribution is 2.27. The Bertz CT molecular complexity index is 824. The van der Waals surface area contributed by atoms with Crippen LogP contribution in [0.3, 0.4) is 0 Å². The number of aliphatic imine (C=N–C) groups is 1. The van der Waals surface area contributed by atoms with Gasteiger partial charge in [-0.15, -0.1) is 34.2 Å². The van der Waals surface area contributed by atoms with E-state index in [1.165, 1.54) is 24.8 Å². The molecule has 1 aliphatic heterocycles. The van der Waals surface area contributed by atoms with Crippen LogP contribution in [0.1, 0.15) is 36.5 Å². The number of aryl methyl sites for hydroxylation is 1. The number of halogens is 1. The van der Waals surface area contributed by atoms with E-state index < -0.39 is 0 Å². The molecule has 0 fully saturated rings. The normalized spacial score (nSPS) is 13.6. The lowest BCUT2D eigenvalue weighted by Gasteiger charge is -2.13. The van der Waals surface area contributed by atoms with Gasteiger partial charge in [-0.2, -0.15) is 0 Å². The fourth-order valence-corrected chi connectivity index (χ4v) is 3.60. The Labute approximate surface area is 195 Å². The molecule has 0 saturated carbocycles. The van der Waals surface area contributed by atoms with E-state index in [2.05, 4.69) is 36.5 Å². The molecule has 0 spiro atoms. The number of fused-ring (bicyclic) bond motifs is 1. The predicted octanol–water partition coefficient (Wildman–Crippen LogP) is 2.59. The summed E-state index contributed by atoms with van der Waals surface area (Å²) in [5.74, 6) is 4.49. The first kappa shape index (κ1) is 24.2. The van der Waals surface area contributed by atoms with E-state index in [4.69, 9.17) is 9.47 Å². The lowest BCUT2D eigenvalue weighted by Crippen LogP contribution is -2.39. The van der Waals surface area contributed by atoms with Crippen molar-refractivity contribution in [3.63, 3.8) is 0 Å². The molecule has 30 heavy (non-hydrogen) atoms. The van der Waals surface area contributed by atoms with Gasteiger partial charge >= 0.3 is 0 Å². The van der Waals surface area contributed by atoms with Gasteiger partial charge in [0.05, 0.1) is 14.2 Å². The van der Waals surface area contributed by atoms with E-state index in [0.29, 0.717) is 0 Å². The van der Waals surface area contributed by atoms with Gasteiger partial charge in [0.1, 0.15) is 11.6 Å². The summed E-state index contributed by atoms with van der Waals surface area (Å²) in [6.07, 6.45) is 6.44. The lowest BCUT2D eigenvalue weighted by molar-refractivity contribution is 0.354. The first-order chi connectivity index (χ1) is 14.2. The van der Waals surface area contributed by atoms with Crippen LogP contribution in [0.15, 0.2) is 23.2 Å². The molecule has 3 rings (SSSR count). The molecule has 2 aromatic rings. The van der Waals surface area contributed by atoms with E-state index in [-0.39, 0.29) is 24.0 Å². The molecule has 0 atom stereocenters. The van der Waals surface area contributed by atoms with Crippen LogP contribution < -0.4 is 20.1 Å². The molecule has 0 saturated heterocycles. The lowest BCUT2D eigenvalue weighted by atomic mass is 10.1. The number of nitrogens with zero attached hydrogens (tertiary/aromatic N) is 4. The molecule has 8 nitrogen and oxygen atoms in total. The summed E-state index contributed by atoms with van der Waals surface area (Å²) in [5.41, 5.74) is 1.18. The monoisotopic (exact) mass is 528 g/mol. The number of aromatic nitrogens is 3.